The van der Waals surface area contributed by atoms with Crippen LogP contribution in [-0.4, -0.2) is 30.9 Å². The Morgan fingerprint density at radius 1 is 1.26 bits per heavy atom. The molecule has 2 aromatic rings. The van der Waals surface area contributed by atoms with Crippen LogP contribution in [0.1, 0.15) is 49.5 Å². The van der Waals surface area contributed by atoms with Crippen LogP contribution in [0.3, 0.4) is 0 Å². The SMILES string of the molecule is C=C/C(Cl)=C(\C=C/CC)CN(C1=NN(c2ccccc2C)C(=O)C=CC1)c1ccc(C(N)=O)cc1N=C.CC. The summed E-state index contributed by atoms with van der Waals surface area (Å²) in [6.45, 7) is 15.8. The summed E-state index contributed by atoms with van der Waals surface area (Å²) in [7, 11) is 0. The Kier molecular flexibility index (Phi) is 12.1. The number of hydrogen-bond acceptors (Lipinski definition) is 5. The number of aliphatic imine (C=N–C) groups is 1. The molecule has 0 aliphatic carbocycles. The molecule has 0 aromatic heterocycles. The molecule has 2 aromatic carbocycles. The van der Waals surface area contributed by atoms with Gasteiger partial charge in [0.2, 0.25) is 5.91 Å². The lowest BCUT2D eigenvalue weighted by molar-refractivity contribution is -0.114. The average molecular weight is 546 g/mol. The molecule has 0 fully saturated rings. The summed E-state index contributed by atoms with van der Waals surface area (Å²) in [5, 5.41) is 6.68. The summed E-state index contributed by atoms with van der Waals surface area (Å²) in [5.41, 5.74) is 9.23. The zero-order valence-electron chi connectivity index (χ0n) is 23.0. The summed E-state index contributed by atoms with van der Waals surface area (Å²) in [4.78, 5) is 30.9. The lowest BCUT2D eigenvalue weighted by Crippen LogP contribution is -2.35. The molecule has 0 bridgehead atoms. The van der Waals surface area contributed by atoms with Crippen LogP contribution < -0.4 is 15.6 Å². The van der Waals surface area contributed by atoms with Crippen molar-refractivity contribution in [2.24, 2.45) is 15.8 Å². The third kappa shape index (κ3) is 7.88. The molecule has 1 aliphatic heterocycles. The van der Waals surface area contributed by atoms with Gasteiger partial charge in [-0.3, -0.25) is 14.6 Å². The third-order valence-electron chi connectivity index (χ3n) is 5.73. The first kappa shape index (κ1) is 31.0. The normalized spacial score (nSPS) is 13.6. The maximum absolute atomic E-state index is 13.0. The van der Waals surface area contributed by atoms with Crippen LogP contribution in [0, 0.1) is 6.92 Å². The van der Waals surface area contributed by atoms with E-state index in [1.165, 1.54) is 11.1 Å². The van der Waals surface area contributed by atoms with E-state index < -0.39 is 5.91 Å². The number of halogens is 1. The Morgan fingerprint density at radius 3 is 2.59 bits per heavy atom. The first-order chi connectivity index (χ1) is 18.8. The van der Waals surface area contributed by atoms with Gasteiger partial charge in [0.25, 0.3) is 5.91 Å². The number of primary amides is 1. The maximum Gasteiger partial charge on any atom is 0.271 e. The fraction of sp³-hybridized carbons (Fsp3) is 0.226. The molecular formula is C31H36ClN5O2. The number of para-hydroxylation sites is 1. The summed E-state index contributed by atoms with van der Waals surface area (Å²) in [6.07, 6.45) is 9.97. The minimum atomic E-state index is -0.574. The number of aryl methyl sites for hydroxylation is 1. The molecule has 7 nitrogen and oxygen atoms in total. The van der Waals surface area contributed by atoms with E-state index in [1.54, 1.807) is 30.4 Å². The van der Waals surface area contributed by atoms with E-state index >= 15 is 0 Å². The maximum atomic E-state index is 13.0. The number of allylic oxidation sites excluding steroid dienone is 3. The third-order valence-corrected chi connectivity index (χ3v) is 6.13. The molecule has 1 aliphatic rings. The van der Waals surface area contributed by atoms with Gasteiger partial charge in [-0.1, -0.05) is 81.5 Å². The molecule has 1 heterocycles. The van der Waals surface area contributed by atoms with E-state index in [0.717, 1.165) is 17.6 Å². The highest BCUT2D eigenvalue weighted by Gasteiger charge is 2.24. The van der Waals surface area contributed by atoms with E-state index in [0.29, 0.717) is 46.5 Å². The van der Waals surface area contributed by atoms with Crippen LogP contribution in [0.15, 0.2) is 100 Å². The second-order valence-corrected chi connectivity index (χ2v) is 8.67. The quantitative estimate of drug-likeness (QED) is 0.266. The lowest BCUT2D eigenvalue weighted by Gasteiger charge is -2.29. The molecule has 0 radical (unpaired) electrons. The van der Waals surface area contributed by atoms with Gasteiger partial charge >= 0.3 is 0 Å². The first-order valence-corrected chi connectivity index (χ1v) is 13.2. The fourth-order valence-corrected chi connectivity index (χ4v) is 3.92. The van der Waals surface area contributed by atoms with Gasteiger partial charge in [-0.15, -0.1) is 0 Å². The highest BCUT2D eigenvalue weighted by atomic mass is 35.5. The van der Waals surface area contributed by atoms with Gasteiger partial charge < -0.3 is 10.6 Å². The fourth-order valence-electron chi connectivity index (χ4n) is 3.80. The summed E-state index contributed by atoms with van der Waals surface area (Å²) in [5.74, 6) is -0.269. The van der Waals surface area contributed by atoms with Crippen molar-refractivity contribution in [1.82, 2.24) is 0 Å². The van der Waals surface area contributed by atoms with Gasteiger partial charge in [0.05, 0.1) is 23.6 Å². The number of amidine groups is 1. The molecule has 8 heteroatoms. The van der Waals surface area contributed by atoms with Crippen molar-refractivity contribution < 1.29 is 9.59 Å². The second-order valence-electron chi connectivity index (χ2n) is 8.26. The van der Waals surface area contributed by atoms with E-state index in [4.69, 9.17) is 22.4 Å². The highest BCUT2D eigenvalue weighted by Crippen LogP contribution is 2.33. The predicted molar refractivity (Wildman–Crippen MR) is 165 cm³/mol. The zero-order chi connectivity index (χ0) is 28.9. The lowest BCUT2D eigenvalue weighted by atomic mass is 10.1. The van der Waals surface area contributed by atoms with Crippen molar-refractivity contribution in [2.75, 3.05) is 16.5 Å². The Hall–Kier alpha value is -4.23. The topological polar surface area (TPSA) is 91.4 Å². The Morgan fingerprint density at radius 2 is 1.97 bits per heavy atom. The Balaban J connectivity index is 0.00000260. The number of rotatable bonds is 9. The standard InChI is InChI=1S/C29H30ClN5O2.C2H6/c1-5-7-12-22(23(30)6-2)19-34(26-17-16-21(29(31)37)18-24(26)32-4)27-14-10-15-28(36)35(33-27)25-13-9-8-11-20(25)3;1-2/h6-13,15-18H,2,4-5,14,19H2,1,3H3,(H2,31,37);1-2H3/b12-7-,23-22-;. The van der Waals surface area contributed by atoms with Gasteiger partial charge in [-0.05, 0) is 55.5 Å². The average Bonchev–Trinajstić information content (AvgIpc) is 3.15. The summed E-state index contributed by atoms with van der Waals surface area (Å²) < 4.78 is 0. The number of hydrazone groups is 1. The number of nitrogens with two attached hydrogens (primary N) is 1. The van der Waals surface area contributed by atoms with Crippen molar-refractivity contribution in [3.8, 4) is 0 Å². The van der Waals surface area contributed by atoms with Crippen molar-refractivity contribution >= 4 is 53.0 Å². The van der Waals surface area contributed by atoms with Crippen molar-refractivity contribution in [2.45, 2.75) is 40.5 Å². The molecule has 0 saturated carbocycles. The van der Waals surface area contributed by atoms with Crippen LogP contribution in [-0.2, 0) is 4.79 Å². The van der Waals surface area contributed by atoms with E-state index in [-0.39, 0.29) is 5.91 Å². The number of benzene rings is 2. The van der Waals surface area contributed by atoms with E-state index in [2.05, 4.69) is 18.3 Å². The minimum absolute atomic E-state index is 0.263. The molecule has 0 spiro atoms. The first-order valence-electron chi connectivity index (χ1n) is 12.8. The number of anilines is 2. The van der Waals surface area contributed by atoms with Crippen LogP contribution >= 0.6 is 11.6 Å². The minimum Gasteiger partial charge on any atom is -0.366 e. The molecule has 39 heavy (non-hydrogen) atoms. The number of hydrogen-bond donors (Lipinski definition) is 1. The van der Waals surface area contributed by atoms with E-state index in [1.807, 2.05) is 69.0 Å². The van der Waals surface area contributed by atoms with E-state index in [9.17, 15) is 9.59 Å². The molecule has 2 N–H and O–H groups in total. The van der Waals surface area contributed by atoms with Crippen LogP contribution in [0.2, 0.25) is 0 Å². The summed E-state index contributed by atoms with van der Waals surface area (Å²) >= 11 is 6.55. The van der Waals surface area contributed by atoms with Gasteiger partial charge in [0.15, 0.2) is 0 Å². The van der Waals surface area contributed by atoms with Gasteiger partial charge in [0.1, 0.15) is 5.84 Å². The Labute approximate surface area is 236 Å². The number of carbonyl (C=O) groups is 2. The molecule has 0 unspecified atom stereocenters. The second kappa shape index (κ2) is 15.2. The van der Waals surface area contributed by atoms with Gasteiger partial charge in [-0.2, -0.15) is 10.1 Å². The van der Waals surface area contributed by atoms with Crippen LogP contribution in [0.4, 0.5) is 17.1 Å². The summed E-state index contributed by atoms with van der Waals surface area (Å²) in [6, 6.07) is 12.5. The number of nitrogens with zero attached hydrogens (tertiary/aromatic N) is 4. The highest BCUT2D eigenvalue weighted by molar-refractivity contribution is 6.31. The molecule has 0 saturated heterocycles. The smallest absolute Gasteiger partial charge is 0.271 e. The van der Waals surface area contributed by atoms with Gasteiger partial charge in [0, 0.05) is 23.1 Å². The molecule has 204 valence electrons. The van der Waals surface area contributed by atoms with Crippen LogP contribution in [0.5, 0.6) is 0 Å². The van der Waals surface area contributed by atoms with Crippen molar-refractivity contribution in [3.05, 3.63) is 101 Å². The van der Waals surface area contributed by atoms with Crippen LogP contribution in [0.25, 0.3) is 0 Å². The monoisotopic (exact) mass is 545 g/mol. The Bertz CT molecular complexity index is 1340. The number of amides is 2. The molecule has 3 rings (SSSR count). The largest absolute Gasteiger partial charge is 0.366 e. The molecular weight excluding hydrogens is 510 g/mol. The predicted octanol–water partition coefficient (Wildman–Crippen LogP) is 7.21. The zero-order valence-corrected chi connectivity index (χ0v) is 23.8. The molecule has 0 atom stereocenters. The van der Waals surface area contributed by atoms with Crippen molar-refractivity contribution in [1.29, 1.82) is 0 Å². The molecule has 2 amide bonds. The van der Waals surface area contributed by atoms with Gasteiger partial charge in [-0.25, -0.2) is 0 Å². The number of carbonyl (C=O) groups excluding carboxylic acids is 2. The van der Waals surface area contributed by atoms with Crippen molar-refractivity contribution in [3.63, 3.8) is 0 Å².